The summed E-state index contributed by atoms with van der Waals surface area (Å²) in [4.78, 5) is 11.0. The van der Waals surface area contributed by atoms with Crippen LogP contribution in [0.3, 0.4) is 0 Å². The topological polar surface area (TPSA) is 57.5 Å². The first-order chi connectivity index (χ1) is 12.8. The molecule has 3 fully saturated rings. The van der Waals surface area contributed by atoms with E-state index in [0.717, 1.165) is 43.4 Å². The van der Waals surface area contributed by atoms with Crippen molar-refractivity contribution in [2.24, 2.45) is 40.4 Å². The number of hydrogen-bond donors (Lipinski definition) is 2. The van der Waals surface area contributed by atoms with Gasteiger partial charge in [0.15, 0.2) is 0 Å². The van der Waals surface area contributed by atoms with Crippen LogP contribution in [0.25, 0.3) is 0 Å². The minimum atomic E-state index is -0.650. The van der Waals surface area contributed by atoms with Crippen LogP contribution in [0.15, 0.2) is 11.6 Å². The molecule has 2 N–H and O–H groups in total. The number of carboxylic acid groups (broad SMARTS) is 1. The normalized spacial score (nSPS) is 47.4. The molecule has 3 saturated carbocycles. The first kappa shape index (κ1) is 19.5. The number of carbonyl (C=O) groups is 1. The fraction of sp³-hybridized carbons (Fsp3) is 0.875. The number of allylic oxidation sites excluding steroid dienone is 1. The molecule has 0 saturated heterocycles. The summed E-state index contributed by atoms with van der Waals surface area (Å²) >= 11 is 0. The van der Waals surface area contributed by atoms with Gasteiger partial charge in [0.2, 0.25) is 0 Å². The third-order valence-electron chi connectivity index (χ3n) is 9.65. The third kappa shape index (κ3) is 3.09. The SMILES string of the molecule is C[C@H](CCC(=O)O)[C@@H]1CC[C@@H]2[C@H]3CC=C4C[C@@H](O)CC[C@]4(C)[C@@H]3CC[C@]21C. The Hall–Kier alpha value is -0.830. The maximum atomic E-state index is 11.0. The molecule has 0 spiro atoms. The summed E-state index contributed by atoms with van der Waals surface area (Å²) in [5.41, 5.74) is 2.27. The second-order valence-corrected chi connectivity index (χ2v) is 10.8. The van der Waals surface area contributed by atoms with Gasteiger partial charge in [0.05, 0.1) is 6.10 Å². The first-order valence-electron chi connectivity index (χ1n) is 11.3. The summed E-state index contributed by atoms with van der Waals surface area (Å²) in [6.45, 7) is 7.33. The number of hydrogen-bond acceptors (Lipinski definition) is 2. The van der Waals surface area contributed by atoms with E-state index in [4.69, 9.17) is 5.11 Å². The lowest BCUT2D eigenvalue weighted by molar-refractivity contribution is -0.137. The van der Waals surface area contributed by atoms with E-state index in [0.29, 0.717) is 29.1 Å². The molecule has 0 aliphatic heterocycles. The van der Waals surface area contributed by atoms with Gasteiger partial charge in [-0.25, -0.2) is 0 Å². The van der Waals surface area contributed by atoms with Gasteiger partial charge in [-0.15, -0.1) is 0 Å². The highest BCUT2D eigenvalue weighted by Crippen LogP contribution is 2.67. The molecule has 4 rings (SSSR count). The molecule has 0 bridgehead atoms. The van der Waals surface area contributed by atoms with E-state index >= 15 is 0 Å². The van der Waals surface area contributed by atoms with Crippen LogP contribution < -0.4 is 0 Å². The summed E-state index contributed by atoms with van der Waals surface area (Å²) < 4.78 is 0. The van der Waals surface area contributed by atoms with Crippen molar-refractivity contribution in [3.8, 4) is 0 Å². The van der Waals surface area contributed by atoms with Gasteiger partial charge in [-0.2, -0.15) is 0 Å². The Balaban J connectivity index is 1.54. The average Bonchev–Trinajstić information content (AvgIpc) is 2.97. The van der Waals surface area contributed by atoms with Crippen LogP contribution in [0.5, 0.6) is 0 Å². The number of rotatable bonds is 4. The summed E-state index contributed by atoms with van der Waals surface area (Å²) in [5.74, 6) is 2.94. The first-order valence-corrected chi connectivity index (χ1v) is 11.3. The fourth-order valence-electron chi connectivity index (χ4n) is 8.17. The Morgan fingerprint density at radius 3 is 2.70 bits per heavy atom. The molecular formula is C24H38O3. The molecule has 0 aromatic carbocycles. The molecule has 27 heavy (non-hydrogen) atoms. The van der Waals surface area contributed by atoms with Crippen molar-refractivity contribution in [3.63, 3.8) is 0 Å². The number of aliphatic carboxylic acids is 1. The monoisotopic (exact) mass is 374 g/mol. The predicted molar refractivity (Wildman–Crippen MR) is 107 cm³/mol. The maximum absolute atomic E-state index is 11.0. The van der Waals surface area contributed by atoms with Gasteiger partial charge < -0.3 is 10.2 Å². The van der Waals surface area contributed by atoms with Crippen LogP contribution >= 0.6 is 0 Å². The molecule has 0 radical (unpaired) electrons. The van der Waals surface area contributed by atoms with Crippen molar-refractivity contribution in [2.45, 2.75) is 91.1 Å². The van der Waals surface area contributed by atoms with E-state index in [1.54, 1.807) is 5.57 Å². The minimum Gasteiger partial charge on any atom is -0.481 e. The van der Waals surface area contributed by atoms with Crippen molar-refractivity contribution in [2.75, 3.05) is 0 Å². The van der Waals surface area contributed by atoms with Crippen molar-refractivity contribution in [3.05, 3.63) is 11.6 Å². The lowest BCUT2D eigenvalue weighted by Crippen LogP contribution is -2.50. The number of fused-ring (bicyclic) bond motifs is 5. The maximum Gasteiger partial charge on any atom is 0.303 e. The van der Waals surface area contributed by atoms with Gasteiger partial charge in [-0.3, -0.25) is 4.79 Å². The van der Waals surface area contributed by atoms with Crippen LogP contribution in [-0.2, 0) is 4.79 Å². The van der Waals surface area contributed by atoms with Crippen molar-refractivity contribution < 1.29 is 15.0 Å². The van der Waals surface area contributed by atoms with E-state index < -0.39 is 5.97 Å². The molecule has 3 heteroatoms. The van der Waals surface area contributed by atoms with Crippen LogP contribution in [0.2, 0.25) is 0 Å². The highest BCUT2D eigenvalue weighted by Gasteiger charge is 2.59. The molecule has 4 aliphatic rings. The van der Waals surface area contributed by atoms with Crippen LogP contribution in [0.4, 0.5) is 0 Å². The Morgan fingerprint density at radius 1 is 1.19 bits per heavy atom. The lowest BCUT2D eigenvalue weighted by Gasteiger charge is -2.58. The molecule has 0 amide bonds. The second kappa shape index (κ2) is 6.90. The van der Waals surface area contributed by atoms with Crippen LogP contribution in [0.1, 0.15) is 85.0 Å². The summed E-state index contributed by atoms with van der Waals surface area (Å²) in [6, 6.07) is 0. The van der Waals surface area contributed by atoms with Crippen molar-refractivity contribution in [1.82, 2.24) is 0 Å². The van der Waals surface area contributed by atoms with Crippen molar-refractivity contribution >= 4 is 5.97 Å². The quantitative estimate of drug-likeness (QED) is 0.645. The molecule has 0 unspecified atom stereocenters. The Kier molecular flexibility index (Phi) is 4.98. The van der Waals surface area contributed by atoms with E-state index in [-0.39, 0.29) is 6.10 Å². The molecule has 3 nitrogen and oxygen atoms in total. The fourth-order valence-corrected chi connectivity index (χ4v) is 8.17. The number of aliphatic hydroxyl groups is 1. The van der Waals surface area contributed by atoms with Gasteiger partial charge >= 0.3 is 5.97 Å². The molecule has 0 aromatic heterocycles. The number of aliphatic hydroxyl groups excluding tert-OH is 1. The summed E-state index contributed by atoms with van der Waals surface area (Å²) in [6.07, 6.45) is 13.0. The van der Waals surface area contributed by atoms with Crippen LogP contribution in [-0.4, -0.2) is 22.3 Å². The zero-order valence-electron chi connectivity index (χ0n) is 17.4. The third-order valence-corrected chi connectivity index (χ3v) is 9.65. The van der Waals surface area contributed by atoms with E-state index in [1.807, 2.05) is 0 Å². The highest BCUT2D eigenvalue weighted by molar-refractivity contribution is 5.66. The van der Waals surface area contributed by atoms with Crippen molar-refractivity contribution in [1.29, 1.82) is 0 Å². The number of carboxylic acids is 1. The Morgan fingerprint density at radius 2 is 1.96 bits per heavy atom. The molecule has 4 aliphatic carbocycles. The molecule has 152 valence electrons. The average molecular weight is 375 g/mol. The van der Waals surface area contributed by atoms with E-state index in [1.165, 1.54) is 32.1 Å². The largest absolute Gasteiger partial charge is 0.481 e. The zero-order valence-corrected chi connectivity index (χ0v) is 17.4. The Bertz CT molecular complexity index is 625. The van der Waals surface area contributed by atoms with Gasteiger partial charge in [0, 0.05) is 6.42 Å². The zero-order chi connectivity index (χ0) is 19.4. The second-order valence-electron chi connectivity index (χ2n) is 10.8. The lowest BCUT2D eigenvalue weighted by atomic mass is 9.47. The Labute approximate surface area is 164 Å². The van der Waals surface area contributed by atoms with Gasteiger partial charge in [-0.1, -0.05) is 32.4 Å². The molecular weight excluding hydrogens is 336 g/mol. The smallest absolute Gasteiger partial charge is 0.303 e. The van der Waals surface area contributed by atoms with Crippen LogP contribution in [0, 0.1) is 40.4 Å². The standard InChI is InChI=1S/C24H38O3/c1-15(4-9-22(26)27)19-7-8-20-18-6-5-16-14-17(25)10-12-23(16,2)21(18)11-13-24(19,20)3/h5,15,17-21,25H,4,6-14H2,1-3H3,(H,26,27)/t15-,17+,18-,19+,20-,21-,23+,24+/m1/s1. The van der Waals surface area contributed by atoms with E-state index in [2.05, 4.69) is 26.8 Å². The highest BCUT2D eigenvalue weighted by atomic mass is 16.4. The molecule has 0 aromatic rings. The predicted octanol–water partition coefficient (Wildman–Crippen LogP) is 5.43. The summed E-state index contributed by atoms with van der Waals surface area (Å²) in [5, 5.41) is 19.2. The molecule has 0 heterocycles. The minimum absolute atomic E-state index is 0.124. The van der Waals surface area contributed by atoms with Gasteiger partial charge in [-0.05, 0) is 98.2 Å². The molecule has 8 atom stereocenters. The van der Waals surface area contributed by atoms with E-state index in [9.17, 15) is 9.90 Å². The van der Waals surface area contributed by atoms with Gasteiger partial charge in [0.25, 0.3) is 0 Å². The summed E-state index contributed by atoms with van der Waals surface area (Å²) in [7, 11) is 0. The van der Waals surface area contributed by atoms with Gasteiger partial charge in [0.1, 0.15) is 0 Å².